The predicted octanol–water partition coefficient (Wildman–Crippen LogP) is 1.89. The molecule has 1 saturated heterocycles. The topological polar surface area (TPSA) is 33.7 Å². The van der Waals surface area contributed by atoms with Gasteiger partial charge in [-0.3, -0.25) is 0 Å². The first-order valence-corrected chi connectivity index (χ1v) is 6.44. The summed E-state index contributed by atoms with van der Waals surface area (Å²) in [6.07, 6.45) is 1.16. The zero-order valence-corrected chi connectivity index (χ0v) is 11.4. The zero-order chi connectivity index (χ0) is 13.0. The highest BCUT2D eigenvalue weighted by Gasteiger charge is 2.15. The van der Waals surface area contributed by atoms with E-state index >= 15 is 0 Å². The summed E-state index contributed by atoms with van der Waals surface area (Å²) < 4.78 is 10.6. The maximum absolute atomic E-state index is 5.32. The summed E-state index contributed by atoms with van der Waals surface area (Å²) in [6, 6.07) is 6.55. The quantitative estimate of drug-likeness (QED) is 0.888. The van der Waals surface area contributed by atoms with E-state index in [1.165, 1.54) is 5.69 Å². The van der Waals surface area contributed by atoms with Crippen molar-refractivity contribution in [2.24, 2.45) is 0 Å². The van der Waals surface area contributed by atoms with Crippen LogP contribution in [0.25, 0.3) is 0 Å². The van der Waals surface area contributed by atoms with Crippen molar-refractivity contribution in [2.45, 2.75) is 19.4 Å². The average Bonchev–Trinajstić information content (AvgIpc) is 2.62. The summed E-state index contributed by atoms with van der Waals surface area (Å²) in [7, 11) is 3.37. The van der Waals surface area contributed by atoms with Crippen LogP contribution >= 0.6 is 0 Å². The molecule has 100 valence electrons. The molecule has 0 spiro atoms. The van der Waals surface area contributed by atoms with Crippen molar-refractivity contribution in [1.29, 1.82) is 0 Å². The van der Waals surface area contributed by atoms with Crippen LogP contribution in [0.4, 0.5) is 5.69 Å². The molecule has 1 aromatic carbocycles. The lowest BCUT2D eigenvalue weighted by molar-refractivity contribution is 0.394. The maximum Gasteiger partial charge on any atom is 0.124 e. The van der Waals surface area contributed by atoms with E-state index < -0.39 is 0 Å². The van der Waals surface area contributed by atoms with Crippen LogP contribution in [-0.4, -0.2) is 39.9 Å². The summed E-state index contributed by atoms with van der Waals surface area (Å²) in [4.78, 5) is 2.38. The molecule has 0 aromatic heterocycles. The molecule has 0 bridgehead atoms. The van der Waals surface area contributed by atoms with E-state index in [9.17, 15) is 0 Å². The molecule has 1 aliphatic heterocycles. The van der Waals surface area contributed by atoms with E-state index in [4.69, 9.17) is 9.47 Å². The summed E-state index contributed by atoms with van der Waals surface area (Å²) in [5.74, 6) is 1.68. The Labute approximate surface area is 109 Å². The molecule has 4 nitrogen and oxygen atoms in total. The fourth-order valence-corrected chi connectivity index (χ4v) is 2.31. The van der Waals surface area contributed by atoms with Gasteiger partial charge in [-0.15, -0.1) is 0 Å². The third-order valence-electron chi connectivity index (χ3n) is 3.29. The van der Waals surface area contributed by atoms with Crippen LogP contribution in [-0.2, 0) is 0 Å². The average molecular weight is 250 g/mol. The van der Waals surface area contributed by atoms with Crippen LogP contribution < -0.4 is 19.7 Å². The Morgan fingerprint density at radius 3 is 2.44 bits per heavy atom. The van der Waals surface area contributed by atoms with Crippen LogP contribution in [0.2, 0.25) is 0 Å². The Morgan fingerprint density at radius 2 is 1.83 bits per heavy atom. The van der Waals surface area contributed by atoms with Crippen LogP contribution in [0, 0.1) is 0 Å². The van der Waals surface area contributed by atoms with E-state index in [2.05, 4.69) is 29.3 Å². The number of hydrogen-bond acceptors (Lipinski definition) is 4. The molecule has 1 unspecified atom stereocenters. The lowest BCUT2D eigenvalue weighted by atomic mass is 10.2. The summed E-state index contributed by atoms with van der Waals surface area (Å²) in [6.45, 7) is 5.37. The lowest BCUT2D eigenvalue weighted by Crippen LogP contribution is -2.35. The lowest BCUT2D eigenvalue weighted by Gasteiger charge is -2.25. The molecule has 1 heterocycles. The number of hydrogen-bond donors (Lipinski definition) is 1. The van der Waals surface area contributed by atoms with E-state index in [0.717, 1.165) is 37.6 Å². The van der Waals surface area contributed by atoms with Crippen molar-refractivity contribution in [3.63, 3.8) is 0 Å². The number of methoxy groups -OCH3 is 2. The van der Waals surface area contributed by atoms with Gasteiger partial charge in [-0.2, -0.15) is 0 Å². The Kier molecular flexibility index (Phi) is 4.31. The molecule has 1 fully saturated rings. The van der Waals surface area contributed by atoms with Crippen LogP contribution in [0.1, 0.15) is 13.3 Å². The highest BCUT2D eigenvalue weighted by molar-refractivity contribution is 5.56. The van der Waals surface area contributed by atoms with Gasteiger partial charge >= 0.3 is 0 Å². The second kappa shape index (κ2) is 5.96. The number of ether oxygens (including phenoxy) is 2. The molecule has 1 aliphatic rings. The van der Waals surface area contributed by atoms with Gasteiger partial charge in [0, 0.05) is 43.0 Å². The van der Waals surface area contributed by atoms with Crippen molar-refractivity contribution in [3.05, 3.63) is 18.2 Å². The number of anilines is 1. The van der Waals surface area contributed by atoms with Crippen LogP contribution in [0.3, 0.4) is 0 Å². The normalized spacial score (nSPS) is 20.4. The monoisotopic (exact) mass is 250 g/mol. The van der Waals surface area contributed by atoms with Crippen molar-refractivity contribution >= 4 is 5.69 Å². The van der Waals surface area contributed by atoms with Crippen molar-refractivity contribution < 1.29 is 9.47 Å². The summed E-state index contributed by atoms with van der Waals surface area (Å²) in [5, 5.41) is 3.50. The zero-order valence-electron chi connectivity index (χ0n) is 11.4. The Balaban J connectivity index is 2.24. The van der Waals surface area contributed by atoms with Gasteiger partial charge in [0.15, 0.2) is 0 Å². The molecule has 4 heteroatoms. The highest BCUT2D eigenvalue weighted by atomic mass is 16.5. The first kappa shape index (κ1) is 13.0. The second-order valence-corrected chi connectivity index (χ2v) is 4.73. The molecular weight excluding hydrogens is 228 g/mol. The van der Waals surface area contributed by atoms with Gasteiger partial charge in [-0.1, -0.05) is 0 Å². The molecule has 1 N–H and O–H groups in total. The third-order valence-corrected chi connectivity index (χ3v) is 3.29. The van der Waals surface area contributed by atoms with Gasteiger partial charge in [-0.25, -0.2) is 0 Å². The number of benzene rings is 1. The summed E-state index contributed by atoms with van der Waals surface area (Å²) in [5.41, 5.74) is 1.17. The Morgan fingerprint density at radius 1 is 1.17 bits per heavy atom. The minimum atomic E-state index is 0.504. The maximum atomic E-state index is 5.32. The van der Waals surface area contributed by atoms with E-state index in [1.807, 2.05) is 6.07 Å². The van der Waals surface area contributed by atoms with Gasteiger partial charge < -0.3 is 19.7 Å². The van der Waals surface area contributed by atoms with Gasteiger partial charge in [0.2, 0.25) is 0 Å². The van der Waals surface area contributed by atoms with Gasteiger partial charge in [0.05, 0.1) is 14.2 Å². The number of nitrogens with zero attached hydrogens (tertiary/aromatic N) is 1. The predicted molar refractivity (Wildman–Crippen MR) is 73.8 cm³/mol. The first-order valence-electron chi connectivity index (χ1n) is 6.44. The largest absolute Gasteiger partial charge is 0.497 e. The fraction of sp³-hybridized carbons (Fsp3) is 0.571. The molecular formula is C14H22N2O2. The van der Waals surface area contributed by atoms with Crippen molar-refractivity contribution in [3.8, 4) is 11.5 Å². The number of rotatable bonds is 3. The molecule has 0 saturated carbocycles. The van der Waals surface area contributed by atoms with Gasteiger partial charge in [0.1, 0.15) is 11.5 Å². The van der Waals surface area contributed by atoms with E-state index in [-0.39, 0.29) is 0 Å². The highest BCUT2D eigenvalue weighted by Crippen LogP contribution is 2.29. The second-order valence-electron chi connectivity index (χ2n) is 4.73. The smallest absolute Gasteiger partial charge is 0.124 e. The standard InChI is InChI=1S/C14H22N2O2/c1-11-10-16(6-4-5-15-11)12-7-13(17-2)9-14(8-12)18-3/h7-9,11,15H,4-6,10H2,1-3H3. The molecule has 0 radical (unpaired) electrons. The SMILES string of the molecule is COc1cc(OC)cc(N2CCCNC(C)C2)c1. The van der Waals surface area contributed by atoms with Gasteiger partial charge in [-0.05, 0) is 19.9 Å². The fourth-order valence-electron chi connectivity index (χ4n) is 2.31. The molecule has 2 rings (SSSR count). The van der Waals surface area contributed by atoms with Crippen molar-refractivity contribution in [2.75, 3.05) is 38.8 Å². The molecule has 0 amide bonds. The Hall–Kier alpha value is -1.42. The van der Waals surface area contributed by atoms with Crippen LogP contribution in [0.15, 0.2) is 18.2 Å². The summed E-state index contributed by atoms with van der Waals surface area (Å²) >= 11 is 0. The molecule has 1 aromatic rings. The first-order chi connectivity index (χ1) is 8.72. The van der Waals surface area contributed by atoms with Gasteiger partial charge in [0.25, 0.3) is 0 Å². The van der Waals surface area contributed by atoms with E-state index in [0.29, 0.717) is 6.04 Å². The number of nitrogens with one attached hydrogen (secondary N) is 1. The molecule has 1 atom stereocenters. The Bertz CT molecular complexity index is 373. The third kappa shape index (κ3) is 3.07. The van der Waals surface area contributed by atoms with E-state index in [1.54, 1.807) is 14.2 Å². The van der Waals surface area contributed by atoms with Crippen molar-refractivity contribution in [1.82, 2.24) is 5.32 Å². The minimum Gasteiger partial charge on any atom is -0.497 e. The molecule has 0 aliphatic carbocycles. The molecule has 18 heavy (non-hydrogen) atoms. The minimum absolute atomic E-state index is 0.504. The van der Waals surface area contributed by atoms with Crippen LogP contribution in [0.5, 0.6) is 11.5 Å².